The van der Waals surface area contributed by atoms with Gasteiger partial charge >= 0.3 is 0 Å². The van der Waals surface area contributed by atoms with Crippen LogP contribution in [0.1, 0.15) is 36.1 Å². The van der Waals surface area contributed by atoms with E-state index in [1.54, 1.807) is 34.0 Å². The summed E-state index contributed by atoms with van der Waals surface area (Å²) in [5.41, 5.74) is 1.35. The molecule has 0 aliphatic heterocycles. The van der Waals surface area contributed by atoms with Crippen molar-refractivity contribution in [1.29, 1.82) is 0 Å². The Hall–Kier alpha value is -2.90. The SMILES string of the molecule is CCn1nccc1C(C)NC(=O)c1ccn(Cn2cccn2)n1. The lowest BCUT2D eigenvalue weighted by atomic mass is 10.2. The molecule has 120 valence electrons. The van der Waals surface area contributed by atoms with Crippen LogP contribution in [-0.4, -0.2) is 35.2 Å². The van der Waals surface area contributed by atoms with Gasteiger partial charge in [-0.1, -0.05) is 0 Å². The minimum atomic E-state index is -0.208. The van der Waals surface area contributed by atoms with Crippen molar-refractivity contribution in [3.8, 4) is 0 Å². The van der Waals surface area contributed by atoms with Gasteiger partial charge < -0.3 is 5.32 Å². The number of hydrogen-bond acceptors (Lipinski definition) is 4. The molecule has 0 radical (unpaired) electrons. The van der Waals surface area contributed by atoms with E-state index >= 15 is 0 Å². The molecule has 1 atom stereocenters. The molecule has 0 spiro atoms. The molecule has 8 heteroatoms. The Morgan fingerprint density at radius 3 is 2.83 bits per heavy atom. The normalized spacial score (nSPS) is 12.3. The summed E-state index contributed by atoms with van der Waals surface area (Å²) in [6.07, 6.45) is 7.04. The minimum absolute atomic E-state index is 0.138. The second kappa shape index (κ2) is 6.47. The van der Waals surface area contributed by atoms with Crippen molar-refractivity contribution < 1.29 is 4.79 Å². The number of carbonyl (C=O) groups excluding carboxylic acids is 1. The highest BCUT2D eigenvalue weighted by atomic mass is 16.2. The third-order valence-electron chi connectivity index (χ3n) is 3.56. The average Bonchev–Trinajstić information content (AvgIpc) is 3.28. The third kappa shape index (κ3) is 3.31. The van der Waals surface area contributed by atoms with Gasteiger partial charge in [-0.2, -0.15) is 15.3 Å². The van der Waals surface area contributed by atoms with Gasteiger partial charge in [-0.3, -0.25) is 18.8 Å². The Morgan fingerprint density at radius 2 is 2.09 bits per heavy atom. The number of rotatable bonds is 6. The second-order valence-electron chi connectivity index (χ2n) is 5.19. The Bertz CT molecular complexity index is 771. The maximum Gasteiger partial charge on any atom is 0.272 e. The van der Waals surface area contributed by atoms with E-state index in [9.17, 15) is 4.79 Å². The van der Waals surface area contributed by atoms with E-state index in [1.165, 1.54) is 0 Å². The molecule has 1 unspecified atom stereocenters. The molecule has 1 N–H and O–H groups in total. The number of amides is 1. The number of aromatic nitrogens is 6. The fourth-order valence-electron chi connectivity index (χ4n) is 2.41. The van der Waals surface area contributed by atoms with Crippen molar-refractivity contribution in [1.82, 2.24) is 34.7 Å². The highest BCUT2D eigenvalue weighted by Crippen LogP contribution is 2.12. The van der Waals surface area contributed by atoms with Gasteiger partial charge in [0, 0.05) is 31.3 Å². The van der Waals surface area contributed by atoms with Crippen molar-refractivity contribution in [2.45, 2.75) is 33.1 Å². The van der Waals surface area contributed by atoms with Gasteiger partial charge in [-0.15, -0.1) is 0 Å². The van der Waals surface area contributed by atoms with Gasteiger partial charge in [0.15, 0.2) is 0 Å². The lowest BCUT2D eigenvalue weighted by molar-refractivity contribution is 0.0932. The average molecular weight is 313 g/mol. The van der Waals surface area contributed by atoms with Crippen molar-refractivity contribution in [3.05, 3.63) is 54.4 Å². The molecule has 23 heavy (non-hydrogen) atoms. The maximum absolute atomic E-state index is 12.3. The summed E-state index contributed by atoms with van der Waals surface area (Å²) in [6, 6.07) is 5.31. The van der Waals surface area contributed by atoms with Crippen LogP contribution in [0.15, 0.2) is 43.0 Å². The number of nitrogens with zero attached hydrogens (tertiary/aromatic N) is 6. The van der Waals surface area contributed by atoms with Crippen molar-refractivity contribution in [3.63, 3.8) is 0 Å². The molecule has 3 heterocycles. The van der Waals surface area contributed by atoms with Crippen LogP contribution in [0.3, 0.4) is 0 Å². The Kier molecular flexibility index (Phi) is 4.22. The van der Waals surface area contributed by atoms with Crippen LogP contribution in [0.5, 0.6) is 0 Å². The van der Waals surface area contributed by atoms with E-state index < -0.39 is 0 Å². The molecule has 0 bridgehead atoms. The van der Waals surface area contributed by atoms with Gasteiger partial charge in [-0.05, 0) is 32.0 Å². The molecule has 0 saturated heterocycles. The monoisotopic (exact) mass is 313 g/mol. The zero-order valence-electron chi connectivity index (χ0n) is 13.1. The molecule has 3 aromatic heterocycles. The van der Waals surface area contributed by atoms with Crippen LogP contribution >= 0.6 is 0 Å². The van der Waals surface area contributed by atoms with Gasteiger partial charge in [0.2, 0.25) is 0 Å². The standard InChI is InChI=1S/C15H19N7O/c1-3-22-14(5-8-17-22)12(2)18-15(23)13-6-10-21(19-13)11-20-9-4-7-16-20/h4-10,12H,3,11H2,1-2H3,(H,18,23). The molecular formula is C15H19N7O. The van der Waals surface area contributed by atoms with E-state index in [4.69, 9.17) is 0 Å². The summed E-state index contributed by atoms with van der Waals surface area (Å²) in [7, 11) is 0. The van der Waals surface area contributed by atoms with Crippen molar-refractivity contribution in [2.24, 2.45) is 0 Å². The second-order valence-corrected chi connectivity index (χ2v) is 5.19. The van der Waals surface area contributed by atoms with Gasteiger partial charge in [0.05, 0.1) is 11.7 Å². The Morgan fingerprint density at radius 1 is 1.22 bits per heavy atom. The topological polar surface area (TPSA) is 82.6 Å². The lowest BCUT2D eigenvalue weighted by Gasteiger charge is -2.14. The van der Waals surface area contributed by atoms with Crippen molar-refractivity contribution in [2.75, 3.05) is 0 Å². The number of carbonyl (C=O) groups is 1. The van der Waals surface area contributed by atoms with E-state index in [0.717, 1.165) is 12.2 Å². The van der Waals surface area contributed by atoms with E-state index in [2.05, 4.69) is 20.6 Å². The number of hydrogen-bond donors (Lipinski definition) is 1. The molecule has 3 rings (SSSR count). The van der Waals surface area contributed by atoms with Crippen LogP contribution in [-0.2, 0) is 13.2 Å². The molecule has 0 aliphatic rings. The minimum Gasteiger partial charge on any atom is -0.343 e. The summed E-state index contributed by atoms with van der Waals surface area (Å²) < 4.78 is 5.27. The first-order chi connectivity index (χ1) is 11.2. The molecule has 0 aliphatic carbocycles. The van der Waals surface area contributed by atoms with Crippen molar-refractivity contribution >= 4 is 5.91 Å². The van der Waals surface area contributed by atoms with E-state index in [1.807, 2.05) is 36.9 Å². The van der Waals surface area contributed by atoms with Gasteiger partial charge in [0.25, 0.3) is 5.91 Å². The largest absolute Gasteiger partial charge is 0.343 e. The van der Waals surface area contributed by atoms with Crippen LogP contribution in [0.2, 0.25) is 0 Å². The summed E-state index contributed by atoms with van der Waals surface area (Å²) in [5.74, 6) is -0.208. The van der Waals surface area contributed by atoms with Gasteiger partial charge in [0.1, 0.15) is 12.4 Å². The number of nitrogens with one attached hydrogen (secondary N) is 1. The summed E-state index contributed by atoms with van der Waals surface area (Å²) in [4.78, 5) is 12.3. The molecule has 3 aromatic rings. The van der Waals surface area contributed by atoms with Crippen LogP contribution in [0, 0.1) is 0 Å². The predicted molar refractivity (Wildman–Crippen MR) is 83.6 cm³/mol. The maximum atomic E-state index is 12.3. The Labute approximate surface area is 133 Å². The van der Waals surface area contributed by atoms with Crippen LogP contribution in [0.25, 0.3) is 0 Å². The number of aryl methyl sites for hydroxylation is 1. The fourth-order valence-corrected chi connectivity index (χ4v) is 2.41. The highest BCUT2D eigenvalue weighted by molar-refractivity contribution is 5.92. The first kappa shape index (κ1) is 15.0. The summed E-state index contributed by atoms with van der Waals surface area (Å²) in [5, 5.41) is 15.6. The quantitative estimate of drug-likeness (QED) is 0.743. The van der Waals surface area contributed by atoms with E-state index in [-0.39, 0.29) is 11.9 Å². The highest BCUT2D eigenvalue weighted by Gasteiger charge is 2.16. The molecule has 0 saturated carbocycles. The fraction of sp³-hybridized carbons (Fsp3) is 0.333. The summed E-state index contributed by atoms with van der Waals surface area (Å²) in [6.45, 7) is 5.18. The van der Waals surface area contributed by atoms with Crippen LogP contribution in [0.4, 0.5) is 0 Å². The third-order valence-corrected chi connectivity index (χ3v) is 3.56. The molecule has 1 amide bonds. The Balaban J connectivity index is 1.65. The zero-order chi connectivity index (χ0) is 16.2. The molecule has 8 nitrogen and oxygen atoms in total. The lowest BCUT2D eigenvalue weighted by Crippen LogP contribution is -2.28. The molecule has 0 fully saturated rings. The summed E-state index contributed by atoms with van der Waals surface area (Å²) >= 11 is 0. The predicted octanol–water partition coefficient (Wildman–Crippen LogP) is 1.29. The van der Waals surface area contributed by atoms with Crippen LogP contribution < -0.4 is 5.32 Å². The smallest absolute Gasteiger partial charge is 0.272 e. The van der Waals surface area contributed by atoms with Gasteiger partial charge in [-0.25, -0.2) is 0 Å². The zero-order valence-corrected chi connectivity index (χ0v) is 13.1. The first-order valence-electron chi connectivity index (χ1n) is 7.51. The first-order valence-corrected chi connectivity index (χ1v) is 7.51. The molecular weight excluding hydrogens is 294 g/mol. The molecule has 0 aromatic carbocycles. The van der Waals surface area contributed by atoms with E-state index in [0.29, 0.717) is 12.4 Å².